The van der Waals surface area contributed by atoms with Crippen LogP contribution in [0.2, 0.25) is 0 Å². The summed E-state index contributed by atoms with van der Waals surface area (Å²) in [6.07, 6.45) is -1.10. The number of halogens is 3. The van der Waals surface area contributed by atoms with Gasteiger partial charge >= 0.3 is 12.3 Å². The molecule has 7 nitrogen and oxygen atoms in total. The predicted octanol–water partition coefficient (Wildman–Crippen LogP) is 6.01. The van der Waals surface area contributed by atoms with Gasteiger partial charge in [-0.3, -0.25) is 9.69 Å². The van der Waals surface area contributed by atoms with Crippen LogP contribution in [0.1, 0.15) is 77.8 Å². The van der Waals surface area contributed by atoms with Crippen molar-refractivity contribution in [2.45, 2.75) is 90.6 Å². The molecule has 0 bridgehead atoms. The van der Waals surface area contributed by atoms with Crippen molar-refractivity contribution in [2.75, 3.05) is 51.7 Å². The number of nitrogens with zero attached hydrogens (tertiary/aromatic N) is 4. The summed E-state index contributed by atoms with van der Waals surface area (Å²) in [5.74, 6) is -0.0326. The van der Waals surface area contributed by atoms with Crippen molar-refractivity contribution in [2.24, 2.45) is 5.92 Å². The molecule has 10 heteroatoms. The highest BCUT2D eigenvalue weighted by molar-refractivity contribution is 5.78. The molecule has 0 atom stereocenters. The van der Waals surface area contributed by atoms with Gasteiger partial charge in [0.15, 0.2) is 0 Å². The van der Waals surface area contributed by atoms with Gasteiger partial charge in [0.05, 0.1) is 5.56 Å². The van der Waals surface area contributed by atoms with Crippen molar-refractivity contribution in [1.29, 1.82) is 0 Å². The monoisotopic (exact) mass is 568 g/mol. The van der Waals surface area contributed by atoms with Gasteiger partial charge in [0.1, 0.15) is 5.60 Å². The van der Waals surface area contributed by atoms with Gasteiger partial charge in [0.25, 0.3) is 0 Å². The molecule has 1 aromatic rings. The Labute approximate surface area is 237 Å². The quantitative estimate of drug-likeness (QED) is 0.403. The SMILES string of the molecule is CCN(Cc1ccc(C(F)(F)F)cc1N1CCC(C(=O)N(C)C)CC1)C1(CC)CCN(C(=O)OC(C)(C)C)CC1. The Balaban J connectivity index is 1.82. The molecule has 2 amide bonds. The van der Waals surface area contributed by atoms with Crippen LogP contribution >= 0.6 is 0 Å². The number of carbonyl (C=O) groups is 2. The van der Waals surface area contributed by atoms with Crippen molar-refractivity contribution in [3.8, 4) is 0 Å². The number of hydrogen-bond acceptors (Lipinski definition) is 5. The number of hydrogen-bond donors (Lipinski definition) is 0. The van der Waals surface area contributed by atoms with E-state index in [-0.39, 0.29) is 23.5 Å². The summed E-state index contributed by atoms with van der Waals surface area (Å²) >= 11 is 0. The topological polar surface area (TPSA) is 56.3 Å². The number of likely N-dealkylation sites (tertiary alicyclic amines) is 1. The van der Waals surface area contributed by atoms with Crippen molar-refractivity contribution >= 4 is 17.7 Å². The molecule has 3 rings (SSSR count). The van der Waals surface area contributed by atoms with E-state index in [9.17, 15) is 22.8 Å². The summed E-state index contributed by atoms with van der Waals surface area (Å²) < 4.78 is 46.8. The summed E-state index contributed by atoms with van der Waals surface area (Å²) in [7, 11) is 3.47. The first-order valence-corrected chi connectivity index (χ1v) is 14.5. The number of anilines is 1. The Kier molecular flexibility index (Phi) is 10.1. The summed E-state index contributed by atoms with van der Waals surface area (Å²) in [4.78, 5) is 32.9. The fraction of sp³-hybridized carbons (Fsp3) is 0.733. The summed E-state index contributed by atoms with van der Waals surface area (Å²) in [5.41, 5.74) is 0.0740. The molecule has 0 aromatic heterocycles. The number of amides is 2. The zero-order valence-electron chi connectivity index (χ0n) is 25.2. The maximum Gasteiger partial charge on any atom is 0.416 e. The molecule has 0 unspecified atom stereocenters. The second-order valence-electron chi connectivity index (χ2n) is 12.4. The number of benzene rings is 1. The van der Waals surface area contributed by atoms with Crippen molar-refractivity contribution in [3.63, 3.8) is 0 Å². The average molecular weight is 569 g/mol. The lowest BCUT2D eigenvalue weighted by molar-refractivity contribution is -0.137. The van der Waals surface area contributed by atoms with E-state index in [2.05, 4.69) is 18.7 Å². The lowest BCUT2D eigenvalue weighted by atomic mass is 9.82. The molecular weight excluding hydrogens is 521 g/mol. The molecule has 0 N–H and O–H groups in total. The van der Waals surface area contributed by atoms with Gasteiger partial charge in [-0.1, -0.05) is 19.9 Å². The second kappa shape index (κ2) is 12.6. The highest BCUT2D eigenvalue weighted by atomic mass is 19.4. The Morgan fingerprint density at radius 2 is 1.62 bits per heavy atom. The van der Waals surface area contributed by atoms with Crippen LogP contribution in [0.5, 0.6) is 0 Å². The van der Waals surface area contributed by atoms with Gasteiger partial charge in [0, 0.05) is 64.0 Å². The standard InChI is InChI=1S/C30H47F3N4O3/c1-8-29(14-18-36(19-15-29)27(39)40-28(3,4)5)37(9-2)21-23-10-11-24(30(31,32)33)20-25(23)35-16-12-22(13-17-35)26(38)34(6)7/h10-11,20,22H,8-9,12-19,21H2,1-7H3. The highest BCUT2D eigenvalue weighted by Crippen LogP contribution is 2.38. The van der Waals surface area contributed by atoms with E-state index in [0.29, 0.717) is 51.3 Å². The Morgan fingerprint density at radius 3 is 2.10 bits per heavy atom. The molecule has 1 aromatic carbocycles. The van der Waals surface area contributed by atoms with Crippen molar-refractivity contribution < 1.29 is 27.5 Å². The van der Waals surface area contributed by atoms with Crippen molar-refractivity contribution in [3.05, 3.63) is 29.3 Å². The van der Waals surface area contributed by atoms with Crippen LogP contribution in [0, 0.1) is 5.92 Å². The van der Waals surface area contributed by atoms with E-state index in [1.807, 2.05) is 25.7 Å². The number of rotatable bonds is 7. The Bertz CT molecular complexity index is 1020. The van der Waals surface area contributed by atoms with Crippen molar-refractivity contribution in [1.82, 2.24) is 14.7 Å². The molecule has 0 spiro atoms. The third-order valence-electron chi connectivity index (χ3n) is 8.46. The van der Waals surface area contributed by atoms with Gasteiger partial charge in [-0.15, -0.1) is 0 Å². The first kappa shape index (κ1) is 32.0. The maximum absolute atomic E-state index is 13.7. The minimum atomic E-state index is -4.43. The third kappa shape index (κ3) is 7.62. The smallest absolute Gasteiger partial charge is 0.416 e. The van der Waals surface area contributed by atoms with Crippen LogP contribution in [0.3, 0.4) is 0 Å². The zero-order chi connectivity index (χ0) is 29.9. The molecule has 2 aliphatic rings. The second-order valence-corrected chi connectivity index (χ2v) is 12.4. The fourth-order valence-corrected chi connectivity index (χ4v) is 6.05. The first-order chi connectivity index (χ1) is 18.6. The number of piperidine rings is 2. The predicted molar refractivity (Wildman–Crippen MR) is 151 cm³/mol. The van der Waals surface area contributed by atoms with Crippen LogP contribution < -0.4 is 4.90 Å². The van der Waals surface area contributed by atoms with E-state index in [1.165, 1.54) is 12.1 Å². The molecule has 2 fully saturated rings. The van der Waals surface area contributed by atoms with Crippen LogP contribution in [-0.4, -0.2) is 84.7 Å². The largest absolute Gasteiger partial charge is 0.444 e. The lowest BCUT2D eigenvalue weighted by Crippen LogP contribution is -2.56. The third-order valence-corrected chi connectivity index (χ3v) is 8.46. The van der Waals surface area contributed by atoms with E-state index in [1.54, 1.807) is 30.0 Å². The van der Waals surface area contributed by atoms with Crippen LogP contribution in [0.25, 0.3) is 0 Å². The van der Waals surface area contributed by atoms with E-state index >= 15 is 0 Å². The van der Waals surface area contributed by atoms with E-state index in [0.717, 1.165) is 31.4 Å². The van der Waals surface area contributed by atoms with Gasteiger partial charge < -0.3 is 19.4 Å². The van der Waals surface area contributed by atoms with Crippen LogP contribution in [0.15, 0.2) is 18.2 Å². The fourth-order valence-electron chi connectivity index (χ4n) is 6.05. The molecule has 0 aliphatic carbocycles. The average Bonchev–Trinajstić information content (AvgIpc) is 2.89. The molecular formula is C30H47F3N4O3. The van der Waals surface area contributed by atoms with Crippen LogP contribution in [-0.2, 0) is 22.3 Å². The number of carbonyl (C=O) groups excluding carboxylic acids is 2. The van der Waals surface area contributed by atoms with Gasteiger partial charge in [-0.25, -0.2) is 4.79 Å². The van der Waals surface area contributed by atoms with Crippen LogP contribution in [0.4, 0.5) is 23.7 Å². The highest BCUT2D eigenvalue weighted by Gasteiger charge is 2.40. The van der Waals surface area contributed by atoms with Gasteiger partial charge in [-0.05, 0) is 77.1 Å². The summed E-state index contributed by atoms with van der Waals surface area (Å²) in [6, 6.07) is 4.08. The Morgan fingerprint density at radius 1 is 1.02 bits per heavy atom. The van der Waals surface area contributed by atoms with E-state index < -0.39 is 17.3 Å². The maximum atomic E-state index is 13.7. The minimum Gasteiger partial charge on any atom is -0.444 e. The molecule has 40 heavy (non-hydrogen) atoms. The summed E-state index contributed by atoms with van der Waals surface area (Å²) in [6.45, 7) is 13.3. The zero-order valence-corrected chi connectivity index (χ0v) is 25.2. The molecule has 0 radical (unpaired) electrons. The Hall–Kier alpha value is -2.49. The molecule has 0 saturated carbocycles. The molecule has 2 saturated heterocycles. The molecule has 2 aliphatic heterocycles. The molecule has 2 heterocycles. The molecule has 226 valence electrons. The number of ether oxygens (including phenoxy) is 1. The van der Waals surface area contributed by atoms with E-state index in [4.69, 9.17) is 4.74 Å². The minimum absolute atomic E-state index is 0.0729. The van der Waals surface area contributed by atoms with Gasteiger partial charge in [-0.2, -0.15) is 13.2 Å². The summed E-state index contributed by atoms with van der Waals surface area (Å²) in [5, 5.41) is 0. The normalized spacial score (nSPS) is 18.7. The first-order valence-electron chi connectivity index (χ1n) is 14.5. The lowest BCUT2D eigenvalue weighted by Gasteiger charge is -2.49. The number of alkyl halides is 3. The van der Waals surface area contributed by atoms with Gasteiger partial charge in [0.2, 0.25) is 5.91 Å².